The van der Waals surface area contributed by atoms with Crippen LogP contribution >= 0.6 is 0 Å². The van der Waals surface area contributed by atoms with Crippen LogP contribution in [0.3, 0.4) is 0 Å². The van der Waals surface area contributed by atoms with Crippen LogP contribution in [0.2, 0.25) is 0 Å². The van der Waals surface area contributed by atoms with Crippen LogP contribution < -0.4 is 5.32 Å². The molecule has 19 heavy (non-hydrogen) atoms. The van der Waals surface area contributed by atoms with Crippen molar-refractivity contribution in [2.45, 2.75) is 32.4 Å². The molecule has 1 rings (SSSR count). The molecule has 0 aliphatic heterocycles. The van der Waals surface area contributed by atoms with Gasteiger partial charge in [-0.2, -0.15) is 0 Å². The third-order valence-corrected chi connectivity index (χ3v) is 4.59. The van der Waals surface area contributed by atoms with E-state index in [2.05, 4.69) is 5.32 Å². The van der Waals surface area contributed by atoms with E-state index in [0.717, 1.165) is 5.56 Å². The lowest BCUT2D eigenvalue weighted by molar-refractivity contribution is 0.0953. The quantitative estimate of drug-likeness (QED) is 0.888. The van der Waals surface area contributed by atoms with Gasteiger partial charge in [0, 0.05) is 27.8 Å². The van der Waals surface area contributed by atoms with Gasteiger partial charge in [0.05, 0.1) is 5.56 Å². The third kappa shape index (κ3) is 4.67. The van der Waals surface area contributed by atoms with E-state index in [-0.39, 0.29) is 22.0 Å². The highest BCUT2D eigenvalue weighted by atomic mass is 32.2. The normalized spacial score (nSPS) is 13.1. The van der Waals surface area contributed by atoms with E-state index < -0.39 is 10.8 Å². The molecule has 0 aliphatic carbocycles. The Bertz CT molecular complexity index is 492. The topological polar surface area (TPSA) is 66.4 Å². The fourth-order valence-electron chi connectivity index (χ4n) is 1.49. The van der Waals surface area contributed by atoms with E-state index in [9.17, 15) is 14.1 Å². The highest BCUT2D eigenvalue weighted by molar-refractivity contribution is 7.86. The summed E-state index contributed by atoms with van der Waals surface area (Å²) in [5.74, 6) is 0.0276. The van der Waals surface area contributed by atoms with Crippen LogP contribution in [-0.4, -0.2) is 32.3 Å². The molecule has 0 spiro atoms. The summed E-state index contributed by atoms with van der Waals surface area (Å²) in [7, 11) is -0.996. The van der Waals surface area contributed by atoms with Crippen LogP contribution in [0.15, 0.2) is 18.2 Å². The van der Waals surface area contributed by atoms with Gasteiger partial charge >= 0.3 is 0 Å². The minimum Gasteiger partial charge on any atom is -0.507 e. The minimum atomic E-state index is -0.996. The lowest BCUT2D eigenvalue weighted by atomic mass is 10.1. The van der Waals surface area contributed by atoms with Crippen molar-refractivity contribution in [3.63, 3.8) is 0 Å². The zero-order valence-electron chi connectivity index (χ0n) is 11.8. The van der Waals surface area contributed by atoms with Gasteiger partial charge in [-0.3, -0.25) is 9.00 Å². The number of phenols is 1. The van der Waals surface area contributed by atoms with Gasteiger partial charge in [0.15, 0.2) is 0 Å². The number of hydrogen-bond acceptors (Lipinski definition) is 3. The first-order chi connectivity index (χ1) is 8.71. The second-order valence-corrected chi connectivity index (χ2v) is 7.76. The van der Waals surface area contributed by atoms with Crippen LogP contribution in [0, 0.1) is 6.92 Å². The van der Waals surface area contributed by atoms with Gasteiger partial charge in [-0.15, -0.1) is 0 Å². The maximum Gasteiger partial charge on any atom is 0.255 e. The van der Waals surface area contributed by atoms with Crippen LogP contribution in [-0.2, 0) is 10.8 Å². The van der Waals surface area contributed by atoms with Crippen molar-refractivity contribution < 1.29 is 14.1 Å². The number of rotatable bonds is 4. The van der Waals surface area contributed by atoms with Gasteiger partial charge < -0.3 is 10.4 Å². The average Bonchev–Trinajstić information content (AvgIpc) is 2.27. The monoisotopic (exact) mass is 283 g/mol. The van der Waals surface area contributed by atoms with Gasteiger partial charge in [0.25, 0.3) is 5.91 Å². The van der Waals surface area contributed by atoms with Crippen molar-refractivity contribution in [1.82, 2.24) is 5.32 Å². The average molecular weight is 283 g/mol. The van der Waals surface area contributed by atoms with E-state index >= 15 is 0 Å². The summed E-state index contributed by atoms with van der Waals surface area (Å²) in [6.45, 7) is 7.87. The molecular formula is C14H21NO3S. The summed E-state index contributed by atoms with van der Waals surface area (Å²) in [6, 6.07) is 4.89. The Labute approximate surface area is 116 Å². The number of hydrogen-bond donors (Lipinski definition) is 2. The number of carbonyl (C=O) groups excluding carboxylic acids is 1. The number of nitrogens with one attached hydrogen (secondary N) is 1. The fraction of sp³-hybridized carbons (Fsp3) is 0.500. The summed E-state index contributed by atoms with van der Waals surface area (Å²) in [4.78, 5) is 11.8. The van der Waals surface area contributed by atoms with E-state index in [1.807, 2.05) is 27.7 Å². The Morgan fingerprint density at radius 2 is 2.00 bits per heavy atom. The van der Waals surface area contributed by atoms with Crippen molar-refractivity contribution in [2.24, 2.45) is 0 Å². The first-order valence-electron chi connectivity index (χ1n) is 6.18. The molecule has 0 unspecified atom stereocenters. The van der Waals surface area contributed by atoms with Crippen LogP contribution in [0.4, 0.5) is 0 Å². The lowest BCUT2D eigenvalue weighted by Gasteiger charge is -2.17. The predicted octanol–water partition coefficient (Wildman–Crippen LogP) is 1.98. The first-order valence-corrected chi connectivity index (χ1v) is 7.50. The van der Waals surface area contributed by atoms with Gasteiger partial charge in [-0.25, -0.2) is 0 Å². The molecule has 1 atom stereocenters. The van der Waals surface area contributed by atoms with Gasteiger partial charge in [-0.1, -0.05) is 6.07 Å². The van der Waals surface area contributed by atoms with Gasteiger partial charge in [-0.05, 0) is 45.4 Å². The zero-order valence-corrected chi connectivity index (χ0v) is 12.6. The summed E-state index contributed by atoms with van der Waals surface area (Å²) in [5, 5.41) is 12.3. The van der Waals surface area contributed by atoms with Crippen LogP contribution in [0.25, 0.3) is 0 Å². The van der Waals surface area contributed by atoms with E-state index in [0.29, 0.717) is 12.3 Å². The number of aryl methyl sites for hydroxylation is 1. The van der Waals surface area contributed by atoms with Crippen LogP contribution in [0.1, 0.15) is 36.7 Å². The Morgan fingerprint density at radius 1 is 1.37 bits per heavy atom. The third-order valence-electron chi connectivity index (χ3n) is 2.65. The molecule has 0 saturated heterocycles. The summed E-state index contributed by atoms with van der Waals surface area (Å²) in [5.41, 5.74) is 1.13. The predicted molar refractivity (Wildman–Crippen MR) is 77.9 cm³/mol. The maximum absolute atomic E-state index is 11.8. The molecule has 2 N–H and O–H groups in total. The molecule has 0 heterocycles. The van der Waals surface area contributed by atoms with E-state index in [1.165, 1.54) is 0 Å². The Balaban J connectivity index is 2.55. The van der Waals surface area contributed by atoms with Gasteiger partial charge in [0.2, 0.25) is 0 Å². The SMILES string of the molecule is Cc1ccc(C(=O)NCC[S@](=O)C(C)(C)C)c(O)c1. The molecule has 106 valence electrons. The number of aromatic hydroxyl groups is 1. The molecule has 4 nitrogen and oxygen atoms in total. The second-order valence-electron chi connectivity index (χ2n) is 5.44. The van der Waals surface area contributed by atoms with Crippen molar-refractivity contribution in [1.29, 1.82) is 0 Å². The number of phenolic OH excluding ortho intramolecular Hbond substituents is 1. The largest absolute Gasteiger partial charge is 0.507 e. The molecule has 1 amide bonds. The summed E-state index contributed by atoms with van der Waals surface area (Å²) in [6.07, 6.45) is 0. The summed E-state index contributed by atoms with van der Waals surface area (Å²) >= 11 is 0. The molecule has 0 bridgehead atoms. The van der Waals surface area contributed by atoms with E-state index in [1.54, 1.807) is 18.2 Å². The van der Waals surface area contributed by atoms with Crippen molar-refractivity contribution >= 4 is 16.7 Å². The summed E-state index contributed by atoms with van der Waals surface area (Å²) < 4.78 is 11.5. The Kier molecular flexibility index (Phi) is 5.11. The molecule has 0 aliphatic rings. The second kappa shape index (κ2) is 6.19. The van der Waals surface area contributed by atoms with Crippen molar-refractivity contribution in [3.05, 3.63) is 29.3 Å². The molecule has 5 heteroatoms. The zero-order chi connectivity index (χ0) is 14.6. The molecule has 0 radical (unpaired) electrons. The highest BCUT2D eigenvalue weighted by Gasteiger charge is 2.19. The van der Waals surface area contributed by atoms with E-state index in [4.69, 9.17) is 0 Å². The Morgan fingerprint density at radius 3 is 2.53 bits per heavy atom. The molecule has 0 saturated carbocycles. The molecule has 1 aromatic rings. The molecular weight excluding hydrogens is 262 g/mol. The first kappa shape index (κ1) is 15.7. The molecule has 1 aromatic carbocycles. The highest BCUT2D eigenvalue weighted by Crippen LogP contribution is 2.18. The Hall–Kier alpha value is -1.36. The van der Waals surface area contributed by atoms with Crippen molar-refractivity contribution in [3.8, 4) is 5.75 Å². The lowest BCUT2D eigenvalue weighted by Crippen LogP contribution is -2.32. The standard InChI is InChI=1S/C14H21NO3S/c1-10-5-6-11(12(16)9-10)13(17)15-7-8-19(18)14(2,3)4/h5-6,9,16H,7-8H2,1-4H3,(H,15,17)/t19-/m0/s1. The van der Waals surface area contributed by atoms with Crippen LogP contribution in [0.5, 0.6) is 5.75 Å². The number of benzene rings is 1. The maximum atomic E-state index is 11.8. The number of amides is 1. The number of carbonyl (C=O) groups is 1. The minimum absolute atomic E-state index is 0.0329. The molecule has 0 aromatic heterocycles. The fourth-order valence-corrected chi connectivity index (χ4v) is 2.39. The van der Waals surface area contributed by atoms with Gasteiger partial charge in [0.1, 0.15) is 5.75 Å². The van der Waals surface area contributed by atoms with Crippen molar-refractivity contribution in [2.75, 3.05) is 12.3 Å². The smallest absolute Gasteiger partial charge is 0.255 e. The molecule has 0 fully saturated rings.